The van der Waals surface area contributed by atoms with Crippen molar-refractivity contribution in [3.05, 3.63) is 17.5 Å². The Morgan fingerprint density at radius 1 is 1.33 bits per heavy atom. The molecule has 2 rings (SSSR count). The van der Waals surface area contributed by atoms with Crippen LogP contribution in [0.15, 0.2) is 15.6 Å². The van der Waals surface area contributed by atoms with Crippen LogP contribution in [0.1, 0.15) is 70.8 Å². The van der Waals surface area contributed by atoms with Crippen LogP contribution in [0.5, 0.6) is 0 Å². The molecule has 0 aromatic carbocycles. The summed E-state index contributed by atoms with van der Waals surface area (Å²) in [4.78, 5) is 6.90. The third kappa shape index (κ3) is 7.60. The largest absolute Gasteiger partial charge is 0.359 e. The molecule has 2 heterocycles. The van der Waals surface area contributed by atoms with Crippen LogP contribution in [0.3, 0.4) is 0 Å². The first-order valence-electron chi connectivity index (χ1n) is 10.2. The van der Waals surface area contributed by atoms with Crippen LogP contribution in [0, 0.1) is 5.92 Å². The molecule has 1 aromatic rings. The van der Waals surface area contributed by atoms with Gasteiger partial charge in [-0.25, -0.2) is 0 Å². The summed E-state index contributed by atoms with van der Waals surface area (Å²) in [6.07, 6.45) is 4.75. The van der Waals surface area contributed by atoms with Gasteiger partial charge < -0.3 is 20.1 Å². The van der Waals surface area contributed by atoms with Crippen molar-refractivity contribution in [2.45, 2.75) is 71.9 Å². The second kappa shape index (κ2) is 12.6. The Bertz CT molecular complexity index is 556. The van der Waals surface area contributed by atoms with Gasteiger partial charge in [-0.1, -0.05) is 19.0 Å². The standard InChI is InChI=1S/C20H37N5O.HI/c1-6-17(7-2)19-11-18(26-24-19)13-23-20(21-5)22-12-16-9-8-10-25(14-16)15(3)4;/h11,15-17H,6-10,12-14H2,1-5H3,(H2,21,22,23);1H. The molecule has 0 bridgehead atoms. The van der Waals surface area contributed by atoms with Crippen molar-refractivity contribution in [1.29, 1.82) is 0 Å². The summed E-state index contributed by atoms with van der Waals surface area (Å²) in [5.41, 5.74) is 1.06. The first-order chi connectivity index (χ1) is 12.6. The maximum atomic E-state index is 5.48. The molecule has 2 N–H and O–H groups in total. The number of hydrogen-bond acceptors (Lipinski definition) is 4. The Morgan fingerprint density at radius 3 is 2.70 bits per heavy atom. The number of aromatic nitrogens is 1. The van der Waals surface area contributed by atoms with Crippen molar-refractivity contribution >= 4 is 29.9 Å². The summed E-state index contributed by atoms with van der Waals surface area (Å²) in [5, 5.41) is 11.0. The van der Waals surface area contributed by atoms with E-state index >= 15 is 0 Å². The molecule has 1 aliphatic rings. The van der Waals surface area contributed by atoms with Crippen molar-refractivity contribution in [3.8, 4) is 0 Å². The predicted molar refractivity (Wildman–Crippen MR) is 123 cm³/mol. The SMILES string of the molecule is CCC(CC)c1cc(CNC(=NC)NCC2CCCN(C(C)C)C2)on1.I. The van der Waals surface area contributed by atoms with E-state index in [1.807, 2.05) is 7.05 Å². The molecule has 1 unspecified atom stereocenters. The van der Waals surface area contributed by atoms with Crippen LogP contribution in [-0.2, 0) is 6.54 Å². The van der Waals surface area contributed by atoms with E-state index in [9.17, 15) is 0 Å². The number of nitrogens with zero attached hydrogens (tertiary/aromatic N) is 3. The monoisotopic (exact) mass is 491 g/mol. The zero-order valence-electron chi connectivity index (χ0n) is 17.6. The molecule has 0 radical (unpaired) electrons. The number of aliphatic imine (C=N–C) groups is 1. The number of halogens is 1. The molecule has 6 nitrogen and oxygen atoms in total. The van der Waals surface area contributed by atoms with Gasteiger partial charge in [0, 0.05) is 38.2 Å². The van der Waals surface area contributed by atoms with Gasteiger partial charge in [-0.3, -0.25) is 4.99 Å². The van der Waals surface area contributed by atoms with Gasteiger partial charge in [0.2, 0.25) is 0 Å². The molecule has 1 aromatic heterocycles. The molecule has 0 saturated carbocycles. The fourth-order valence-corrected chi connectivity index (χ4v) is 3.68. The molecule has 1 fully saturated rings. The van der Waals surface area contributed by atoms with Crippen molar-refractivity contribution in [2.24, 2.45) is 10.9 Å². The van der Waals surface area contributed by atoms with Crippen LogP contribution >= 0.6 is 24.0 Å². The highest BCUT2D eigenvalue weighted by atomic mass is 127. The molecule has 0 aliphatic carbocycles. The van der Waals surface area contributed by atoms with Crippen LogP contribution in [-0.4, -0.2) is 48.7 Å². The van der Waals surface area contributed by atoms with Crippen LogP contribution in [0.2, 0.25) is 0 Å². The van der Waals surface area contributed by atoms with Gasteiger partial charge in [-0.2, -0.15) is 0 Å². The molecule has 0 amide bonds. The Balaban J connectivity index is 0.00000364. The molecule has 156 valence electrons. The minimum Gasteiger partial charge on any atom is -0.359 e. The van der Waals surface area contributed by atoms with Gasteiger partial charge in [0.05, 0.1) is 12.2 Å². The highest BCUT2D eigenvalue weighted by molar-refractivity contribution is 14.0. The van der Waals surface area contributed by atoms with Gasteiger partial charge >= 0.3 is 0 Å². The number of nitrogens with one attached hydrogen (secondary N) is 2. The van der Waals surface area contributed by atoms with E-state index in [1.165, 1.54) is 25.9 Å². The van der Waals surface area contributed by atoms with E-state index in [2.05, 4.69) is 59.4 Å². The summed E-state index contributed by atoms with van der Waals surface area (Å²) >= 11 is 0. The highest BCUT2D eigenvalue weighted by Gasteiger charge is 2.21. The number of piperidine rings is 1. The highest BCUT2D eigenvalue weighted by Crippen LogP contribution is 2.22. The zero-order chi connectivity index (χ0) is 18.9. The Morgan fingerprint density at radius 2 is 2.07 bits per heavy atom. The third-order valence-electron chi connectivity index (χ3n) is 5.47. The first kappa shape index (κ1) is 24.2. The van der Waals surface area contributed by atoms with Crippen LogP contribution in [0.25, 0.3) is 0 Å². The van der Waals surface area contributed by atoms with E-state index in [4.69, 9.17) is 4.52 Å². The Labute approximate surface area is 181 Å². The van der Waals surface area contributed by atoms with Gasteiger partial charge in [-0.15, -0.1) is 24.0 Å². The number of guanidine groups is 1. The second-order valence-corrected chi connectivity index (χ2v) is 7.64. The van der Waals surface area contributed by atoms with Gasteiger partial charge in [-0.05, 0) is 52.0 Å². The summed E-state index contributed by atoms with van der Waals surface area (Å²) in [5.74, 6) is 2.85. The van der Waals surface area contributed by atoms with Crippen LogP contribution < -0.4 is 10.6 Å². The first-order valence-corrected chi connectivity index (χ1v) is 10.2. The predicted octanol–water partition coefficient (Wildman–Crippen LogP) is 3.98. The lowest BCUT2D eigenvalue weighted by atomic mass is 9.97. The van der Waals surface area contributed by atoms with E-state index < -0.39 is 0 Å². The molecule has 7 heteroatoms. The van der Waals surface area contributed by atoms with E-state index in [0.717, 1.165) is 36.8 Å². The lowest BCUT2D eigenvalue weighted by Gasteiger charge is -2.35. The molecule has 27 heavy (non-hydrogen) atoms. The Kier molecular flexibility index (Phi) is 11.3. The Hall–Kier alpha value is -0.830. The quantitative estimate of drug-likeness (QED) is 0.327. The minimum absolute atomic E-state index is 0. The molecular weight excluding hydrogens is 453 g/mol. The van der Waals surface area contributed by atoms with E-state index in [0.29, 0.717) is 24.4 Å². The molecule has 1 saturated heterocycles. The van der Waals surface area contributed by atoms with Crippen molar-refractivity contribution in [3.63, 3.8) is 0 Å². The van der Waals surface area contributed by atoms with Crippen molar-refractivity contribution in [2.75, 3.05) is 26.7 Å². The smallest absolute Gasteiger partial charge is 0.191 e. The lowest BCUT2D eigenvalue weighted by molar-refractivity contribution is 0.141. The summed E-state index contributed by atoms with van der Waals surface area (Å²) in [7, 11) is 1.81. The number of rotatable bonds is 8. The zero-order valence-corrected chi connectivity index (χ0v) is 20.0. The maximum absolute atomic E-state index is 5.48. The van der Waals surface area contributed by atoms with Gasteiger partial charge in [0.1, 0.15) is 0 Å². The van der Waals surface area contributed by atoms with Crippen LogP contribution in [0.4, 0.5) is 0 Å². The van der Waals surface area contributed by atoms with Gasteiger partial charge in [0.15, 0.2) is 11.7 Å². The average Bonchev–Trinajstić information content (AvgIpc) is 3.12. The molecule has 1 atom stereocenters. The lowest BCUT2D eigenvalue weighted by Crippen LogP contribution is -2.45. The summed E-state index contributed by atoms with van der Waals surface area (Å²) < 4.78 is 5.48. The second-order valence-electron chi connectivity index (χ2n) is 7.64. The number of likely N-dealkylation sites (tertiary alicyclic amines) is 1. The van der Waals surface area contributed by atoms with Crippen molar-refractivity contribution < 1.29 is 4.52 Å². The minimum atomic E-state index is 0. The average molecular weight is 491 g/mol. The van der Waals surface area contributed by atoms with E-state index in [1.54, 1.807) is 0 Å². The topological polar surface area (TPSA) is 65.7 Å². The summed E-state index contributed by atoms with van der Waals surface area (Å²) in [6, 6.07) is 2.70. The molecule has 0 spiro atoms. The van der Waals surface area contributed by atoms with E-state index in [-0.39, 0.29) is 24.0 Å². The molecule has 1 aliphatic heterocycles. The third-order valence-corrected chi connectivity index (χ3v) is 5.47. The fraction of sp³-hybridized carbons (Fsp3) is 0.800. The summed E-state index contributed by atoms with van der Waals surface area (Å²) in [6.45, 7) is 12.9. The van der Waals surface area contributed by atoms with Gasteiger partial charge in [0.25, 0.3) is 0 Å². The maximum Gasteiger partial charge on any atom is 0.191 e. The fourth-order valence-electron chi connectivity index (χ4n) is 3.68. The number of hydrogen-bond donors (Lipinski definition) is 2. The normalized spacial score (nSPS) is 18.6. The molecular formula is C20H38IN5O. The van der Waals surface area contributed by atoms with Crippen molar-refractivity contribution in [1.82, 2.24) is 20.7 Å².